The van der Waals surface area contributed by atoms with Crippen LogP contribution in [0.5, 0.6) is 5.75 Å². The fourth-order valence-corrected chi connectivity index (χ4v) is 3.73. The number of hydrogen-bond donors (Lipinski definition) is 1. The van der Waals surface area contributed by atoms with Crippen LogP contribution < -0.4 is 10.1 Å². The van der Waals surface area contributed by atoms with Crippen molar-refractivity contribution in [3.63, 3.8) is 0 Å². The Balaban J connectivity index is 1.93. The zero-order valence-corrected chi connectivity index (χ0v) is 18.8. The Morgan fingerprint density at radius 1 is 1.09 bits per heavy atom. The molecule has 32 heavy (non-hydrogen) atoms. The molecule has 0 bridgehead atoms. The van der Waals surface area contributed by atoms with Crippen LogP contribution in [0.25, 0.3) is 0 Å². The van der Waals surface area contributed by atoms with Crippen LogP contribution in [0.3, 0.4) is 0 Å². The summed E-state index contributed by atoms with van der Waals surface area (Å²) in [6.07, 6.45) is 0. The van der Waals surface area contributed by atoms with E-state index in [2.05, 4.69) is 5.32 Å². The fraction of sp³-hybridized carbons (Fsp3) is 0.333. The van der Waals surface area contributed by atoms with Gasteiger partial charge in [-0.2, -0.15) is 0 Å². The molecular formula is C24H27N3O5. The first-order valence-corrected chi connectivity index (χ1v) is 10.2. The van der Waals surface area contributed by atoms with Crippen molar-refractivity contribution in [3.8, 4) is 5.75 Å². The molecule has 168 valence electrons. The summed E-state index contributed by atoms with van der Waals surface area (Å²) >= 11 is 0. The summed E-state index contributed by atoms with van der Waals surface area (Å²) in [6.45, 7) is 6.41. The van der Waals surface area contributed by atoms with E-state index in [4.69, 9.17) is 4.74 Å². The number of imide groups is 1. The van der Waals surface area contributed by atoms with E-state index in [1.54, 1.807) is 26.0 Å². The van der Waals surface area contributed by atoms with E-state index in [0.29, 0.717) is 11.4 Å². The number of Topliss-reactive ketones (excluding diaryl/α,β-unsaturated/α-hetero) is 1. The molecule has 1 N–H and O–H groups in total. The van der Waals surface area contributed by atoms with E-state index >= 15 is 0 Å². The van der Waals surface area contributed by atoms with Crippen LogP contribution in [0.1, 0.15) is 31.9 Å². The number of hydrogen-bond acceptors (Lipinski definition) is 5. The minimum atomic E-state index is -1.60. The molecule has 2 aromatic carbocycles. The molecule has 1 unspecified atom stereocenters. The Labute approximate surface area is 187 Å². The van der Waals surface area contributed by atoms with E-state index in [-0.39, 0.29) is 6.54 Å². The maximum Gasteiger partial charge on any atom is 0.329 e. The smallest absolute Gasteiger partial charge is 0.329 e. The number of amides is 4. The van der Waals surface area contributed by atoms with Gasteiger partial charge >= 0.3 is 6.03 Å². The highest BCUT2D eigenvalue weighted by Crippen LogP contribution is 2.32. The zero-order valence-electron chi connectivity index (χ0n) is 18.8. The van der Waals surface area contributed by atoms with Crippen LogP contribution in [0.4, 0.5) is 10.5 Å². The second kappa shape index (κ2) is 8.82. The normalized spacial score (nSPS) is 16.2. The summed E-state index contributed by atoms with van der Waals surface area (Å²) in [5.74, 6) is -1.60. The number of ketones is 1. The Morgan fingerprint density at radius 2 is 1.75 bits per heavy atom. The second-order valence-electron chi connectivity index (χ2n) is 8.29. The summed E-state index contributed by atoms with van der Waals surface area (Å²) < 4.78 is 5.27. The molecule has 8 heteroatoms. The van der Waals surface area contributed by atoms with E-state index in [9.17, 15) is 19.2 Å². The lowest BCUT2D eigenvalue weighted by molar-refractivity contribution is -0.141. The number of carbonyl (C=O) groups is 4. The number of anilines is 1. The van der Waals surface area contributed by atoms with Gasteiger partial charge in [-0.15, -0.1) is 0 Å². The number of nitrogens with one attached hydrogen (secondary N) is 1. The Morgan fingerprint density at radius 3 is 2.34 bits per heavy atom. The van der Waals surface area contributed by atoms with Gasteiger partial charge in [-0.3, -0.25) is 14.4 Å². The molecule has 0 aliphatic carbocycles. The predicted octanol–water partition coefficient (Wildman–Crippen LogP) is 3.14. The first-order chi connectivity index (χ1) is 15.1. The van der Waals surface area contributed by atoms with E-state index in [1.807, 2.05) is 43.3 Å². The topological polar surface area (TPSA) is 96.0 Å². The molecule has 1 aliphatic heterocycles. The molecule has 0 radical (unpaired) electrons. The number of nitrogens with zero attached hydrogens (tertiary/aromatic N) is 2. The van der Waals surface area contributed by atoms with E-state index in [1.165, 1.54) is 18.9 Å². The van der Waals surface area contributed by atoms with Crippen LogP contribution in [0, 0.1) is 6.92 Å². The van der Waals surface area contributed by atoms with Crippen molar-refractivity contribution in [3.05, 3.63) is 59.7 Å². The van der Waals surface area contributed by atoms with Crippen molar-refractivity contribution in [2.75, 3.05) is 12.4 Å². The Hall–Kier alpha value is -3.68. The lowest BCUT2D eigenvalue weighted by Gasteiger charge is -2.27. The highest BCUT2D eigenvalue weighted by molar-refractivity contribution is 6.18. The van der Waals surface area contributed by atoms with Gasteiger partial charge in [0, 0.05) is 6.54 Å². The third kappa shape index (κ3) is 4.21. The summed E-state index contributed by atoms with van der Waals surface area (Å²) in [4.78, 5) is 54.3. The van der Waals surface area contributed by atoms with Crippen LogP contribution in [0.2, 0.25) is 0 Å². The zero-order chi connectivity index (χ0) is 23.6. The number of aryl methyl sites for hydroxylation is 1. The first-order valence-electron chi connectivity index (χ1n) is 10.2. The number of ether oxygens (including phenoxy) is 1. The second-order valence-corrected chi connectivity index (χ2v) is 8.29. The number of carbonyl (C=O) groups excluding carboxylic acids is 4. The predicted molar refractivity (Wildman–Crippen MR) is 119 cm³/mol. The molecule has 0 spiro atoms. The van der Waals surface area contributed by atoms with Gasteiger partial charge in [0.1, 0.15) is 11.3 Å². The number of urea groups is 1. The monoisotopic (exact) mass is 437 g/mol. The lowest BCUT2D eigenvalue weighted by Crippen LogP contribution is -2.52. The molecule has 0 aromatic heterocycles. The van der Waals surface area contributed by atoms with Gasteiger partial charge in [0.05, 0.1) is 12.8 Å². The van der Waals surface area contributed by atoms with Gasteiger partial charge in [0.25, 0.3) is 11.8 Å². The van der Waals surface area contributed by atoms with Gasteiger partial charge in [-0.05, 0) is 51.0 Å². The molecule has 8 nitrogen and oxygen atoms in total. The maximum atomic E-state index is 13.3. The minimum absolute atomic E-state index is 0.173. The van der Waals surface area contributed by atoms with Crippen molar-refractivity contribution in [1.29, 1.82) is 0 Å². The standard InChI is InChI=1S/C24H27N3O5/c1-15-11-12-19(32-5)18(13-15)25-21(29)20(16(2)28)27-22(30)24(3,4)26(23(27)31)14-17-9-7-6-8-10-17/h6-13,20H,14H2,1-5H3,(H,25,29). The largest absolute Gasteiger partial charge is 0.495 e. The quantitative estimate of drug-likeness (QED) is 0.530. The van der Waals surface area contributed by atoms with Gasteiger partial charge in [0.15, 0.2) is 11.8 Å². The van der Waals surface area contributed by atoms with Crippen LogP contribution in [0.15, 0.2) is 48.5 Å². The molecule has 3 rings (SSSR count). The summed E-state index contributed by atoms with van der Waals surface area (Å²) in [6, 6.07) is 12.1. The number of rotatable bonds is 7. The Kier molecular flexibility index (Phi) is 6.34. The molecule has 0 saturated carbocycles. The molecule has 1 aliphatic rings. The number of methoxy groups -OCH3 is 1. The number of benzene rings is 2. The first kappa shape index (κ1) is 23.0. The van der Waals surface area contributed by atoms with Crippen molar-refractivity contribution in [1.82, 2.24) is 9.80 Å². The summed E-state index contributed by atoms with van der Waals surface area (Å²) in [5, 5.41) is 2.64. The molecule has 1 fully saturated rings. The average molecular weight is 437 g/mol. The third-order valence-corrected chi connectivity index (χ3v) is 5.54. The molecule has 1 atom stereocenters. The van der Waals surface area contributed by atoms with Crippen LogP contribution >= 0.6 is 0 Å². The van der Waals surface area contributed by atoms with E-state index < -0.39 is 35.2 Å². The van der Waals surface area contributed by atoms with Crippen LogP contribution in [-0.4, -0.2) is 52.1 Å². The Bertz CT molecular complexity index is 1060. The van der Waals surface area contributed by atoms with Crippen molar-refractivity contribution >= 4 is 29.3 Å². The maximum absolute atomic E-state index is 13.3. The molecule has 1 heterocycles. The molecule has 4 amide bonds. The third-order valence-electron chi connectivity index (χ3n) is 5.54. The summed E-state index contributed by atoms with van der Waals surface area (Å²) in [5.41, 5.74) is 0.825. The van der Waals surface area contributed by atoms with Crippen molar-refractivity contribution in [2.24, 2.45) is 0 Å². The van der Waals surface area contributed by atoms with Gasteiger partial charge in [-0.1, -0.05) is 36.4 Å². The van der Waals surface area contributed by atoms with Crippen LogP contribution in [-0.2, 0) is 20.9 Å². The van der Waals surface area contributed by atoms with Gasteiger partial charge < -0.3 is 15.0 Å². The highest BCUT2D eigenvalue weighted by Gasteiger charge is 2.55. The van der Waals surface area contributed by atoms with E-state index in [0.717, 1.165) is 16.0 Å². The van der Waals surface area contributed by atoms with Crippen molar-refractivity contribution in [2.45, 2.75) is 45.8 Å². The van der Waals surface area contributed by atoms with Crippen molar-refractivity contribution < 1.29 is 23.9 Å². The fourth-order valence-electron chi connectivity index (χ4n) is 3.73. The molecule has 2 aromatic rings. The van der Waals surface area contributed by atoms with Gasteiger partial charge in [0.2, 0.25) is 0 Å². The molecule has 1 saturated heterocycles. The SMILES string of the molecule is COc1ccc(C)cc1NC(=O)C(C(C)=O)N1C(=O)N(Cc2ccccc2)C(C)(C)C1=O. The highest BCUT2D eigenvalue weighted by atomic mass is 16.5. The molecular weight excluding hydrogens is 410 g/mol. The van der Waals surface area contributed by atoms with Gasteiger partial charge in [-0.25, -0.2) is 9.69 Å². The lowest BCUT2D eigenvalue weighted by atomic mass is 10.0. The summed E-state index contributed by atoms with van der Waals surface area (Å²) in [7, 11) is 1.46. The minimum Gasteiger partial charge on any atom is -0.495 e. The average Bonchev–Trinajstić information content (AvgIpc) is 2.89.